The van der Waals surface area contributed by atoms with Crippen LogP contribution in [-0.2, 0) is 16.1 Å². The number of rotatable bonds is 5. The van der Waals surface area contributed by atoms with Crippen LogP contribution in [0.3, 0.4) is 0 Å². The highest BCUT2D eigenvalue weighted by atomic mass is 19.1. The smallest absolute Gasteiger partial charge is 0.257 e. The van der Waals surface area contributed by atoms with Crippen LogP contribution in [0.1, 0.15) is 43.1 Å². The van der Waals surface area contributed by atoms with Gasteiger partial charge in [0.15, 0.2) is 0 Å². The zero-order valence-corrected chi connectivity index (χ0v) is 21.2. The van der Waals surface area contributed by atoms with Crippen LogP contribution in [0.4, 0.5) is 10.1 Å². The van der Waals surface area contributed by atoms with Crippen molar-refractivity contribution in [1.82, 2.24) is 9.80 Å². The van der Waals surface area contributed by atoms with E-state index >= 15 is 0 Å². The first kappa shape index (κ1) is 26.6. The van der Waals surface area contributed by atoms with Crippen LogP contribution in [-0.4, -0.2) is 67.6 Å². The van der Waals surface area contributed by atoms with Gasteiger partial charge in [0.25, 0.3) is 5.91 Å². The molecule has 0 bridgehead atoms. The van der Waals surface area contributed by atoms with Gasteiger partial charge >= 0.3 is 0 Å². The van der Waals surface area contributed by atoms with Gasteiger partial charge in [0, 0.05) is 58.0 Å². The Morgan fingerprint density at radius 1 is 1.20 bits per heavy atom. The molecule has 3 atom stereocenters. The molecule has 1 heterocycles. The second-order valence-electron chi connectivity index (χ2n) is 9.27. The highest BCUT2D eigenvalue weighted by Crippen LogP contribution is 2.27. The molecule has 0 saturated carbocycles. The number of carbonyl (C=O) groups excluding carboxylic acids is 2. The van der Waals surface area contributed by atoms with Gasteiger partial charge in [-0.1, -0.05) is 26.0 Å². The van der Waals surface area contributed by atoms with Crippen LogP contribution >= 0.6 is 0 Å². The fourth-order valence-electron chi connectivity index (χ4n) is 4.26. The second kappa shape index (κ2) is 12.1. The number of benzene rings is 2. The number of hydrogen-bond donors (Lipinski definition) is 1. The van der Waals surface area contributed by atoms with E-state index in [9.17, 15) is 14.0 Å². The molecule has 0 unspecified atom stereocenters. The van der Waals surface area contributed by atoms with Gasteiger partial charge in [0.2, 0.25) is 5.91 Å². The minimum absolute atomic E-state index is 0.0350. The summed E-state index contributed by atoms with van der Waals surface area (Å²) in [6, 6.07) is 11.7. The van der Waals surface area contributed by atoms with Crippen molar-refractivity contribution in [1.29, 1.82) is 0 Å². The lowest BCUT2D eigenvalue weighted by Crippen LogP contribution is -2.46. The van der Waals surface area contributed by atoms with Gasteiger partial charge in [-0.15, -0.1) is 0 Å². The van der Waals surface area contributed by atoms with Gasteiger partial charge in [0.05, 0.1) is 11.7 Å². The fraction of sp³-hybridized carbons (Fsp3) is 0.481. The number of nitrogens with zero attached hydrogens (tertiary/aromatic N) is 2. The van der Waals surface area contributed by atoms with Crippen molar-refractivity contribution >= 4 is 17.5 Å². The first-order valence-electron chi connectivity index (χ1n) is 12.0. The molecule has 1 aliphatic rings. The van der Waals surface area contributed by atoms with Gasteiger partial charge < -0.3 is 19.7 Å². The average Bonchev–Trinajstić information content (AvgIpc) is 2.84. The third-order valence-corrected chi connectivity index (χ3v) is 6.46. The number of nitrogens with one attached hydrogen (secondary N) is 1. The largest absolute Gasteiger partial charge is 0.491 e. The van der Waals surface area contributed by atoms with E-state index < -0.39 is 0 Å². The molecule has 35 heavy (non-hydrogen) atoms. The van der Waals surface area contributed by atoms with Gasteiger partial charge in [-0.2, -0.15) is 0 Å². The summed E-state index contributed by atoms with van der Waals surface area (Å²) in [7, 11) is 3.40. The maximum atomic E-state index is 13.8. The summed E-state index contributed by atoms with van der Waals surface area (Å²) in [4.78, 5) is 29.1. The summed E-state index contributed by atoms with van der Waals surface area (Å²) < 4.78 is 25.8. The summed E-state index contributed by atoms with van der Waals surface area (Å²) in [5.41, 5.74) is 1.88. The number of halogens is 1. The second-order valence-corrected chi connectivity index (χ2v) is 9.27. The molecule has 0 aliphatic carbocycles. The molecule has 8 heteroatoms. The number of methoxy groups -OCH3 is 1. The molecular formula is C27H36FN3O4. The molecule has 0 saturated heterocycles. The number of anilines is 1. The van der Waals surface area contributed by atoms with Crippen LogP contribution in [0, 0.1) is 11.7 Å². The topological polar surface area (TPSA) is 71.1 Å². The van der Waals surface area contributed by atoms with Crippen molar-refractivity contribution in [3.63, 3.8) is 0 Å². The van der Waals surface area contributed by atoms with Crippen molar-refractivity contribution in [3.8, 4) is 5.75 Å². The maximum absolute atomic E-state index is 13.8. The minimum Gasteiger partial charge on any atom is -0.491 e. The van der Waals surface area contributed by atoms with Gasteiger partial charge in [0.1, 0.15) is 18.2 Å². The van der Waals surface area contributed by atoms with E-state index in [0.29, 0.717) is 49.7 Å². The molecular weight excluding hydrogens is 449 g/mol. The van der Waals surface area contributed by atoms with Crippen molar-refractivity contribution in [3.05, 3.63) is 59.4 Å². The standard InChI is InChI=1S/C27H36FN3O4/c1-6-26(32)29-22-10-11-23-24(13-22)35-17-19(3)31(15-20-8-7-9-21(28)12-20)14-18(2)25(34-5)16-30(4)27(23)33/h7-13,18-19,25H,6,14-17H2,1-5H3,(H,29,32)/t18-,19-,25+/m0/s1. The van der Waals surface area contributed by atoms with E-state index in [1.54, 1.807) is 56.3 Å². The Morgan fingerprint density at radius 3 is 2.66 bits per heavy atom. The SMILES string of the molecule is CCC(=O)Nc1ccc2c(c1)OC[C@H](C)N(Cc1cccc(F)c1)C[C@H](C)[C@H](OC)CN(C)C2=O. The number of ether oxygens (including phenoxy) is 2. The number of amides is 2. The molecule has 2 amide bonds. The zero-order valence-electron chi connectivity index (χ0n) is 21.2. The van der Waals surface area contributed by atoms with E-state index in [2.05, 4.69) is 24.1 Å². The highest BCUT2D eigenvalue weighted by Gasteiger charge is 2.28. The Hall–Kier alpha value is -2.97. The van der Waals surface area contributed by atoms with E-state index in [0.717, 1.165) is 5.56 Å². The van der Waals surface area contributed by atoms with Crippen LogP contribution in [0.15, 0.2) is 42.5 Å². The van der Waals surface area contributed by atoms with Gasteiger partial charge in [-0.25, -0.2) is 4.39 Å². The molecule has 1 N–H and O–H groups in total. The fourth-order valence-corrected chi connectivity index (χ4v) is 4.26. The normalized spacial score (nSPS) is 21.9. The highest BCUT2D eigenvalue weighted by molar-refractivity contribution is 5.98. The summed E-state index contributed by atoms with van der Waals surface area (Å²) in [5.74, 6) is -0.0347. The molecule has 2 aromatic rings. The number of fused-ring (bicyclic) bond motifs is 1. The lowest BCUT2D eigenvalue weighted by molar-refractivity contribution is -0.115. The Kier molecular flexibility index (Phi) is 9.23. The Labute approximate surface area is 207 Å². The van der Waals surface area contributed by atoms with E-state index in [1.807, 2.05) is 6.07 Å². The van der Waals surface area contributed by atoms with E-state index in [-0.39, 0.29) is 35.7 Å². The molecule has 3 rings (SSSR count). The van der Waals surface area contributed by atoms with Crippen LogP contribution < -0.4 is 10.1 Å². The molecule has 2 aromatic carbocycles. The Morgan fingerprint density at radius 2 is 1.97 bits per heavy atom. The maximum Gasteiger partial charge on any atom is 0.257 e. The van der Waals surface area contributed by atoms with Gasteiger partial charge in [-0.05, 0) is 42.7 Å². The summed E-state index contributed by atoms with van der Waals surface area (Å²) in [5, 5.41) is 2.82. The van der Waals surface area contributed by atoms with Crippen molar-refractivity contribution < 1.29 is 23.5 Å². The quantitative estimate of drug-likeness (QED) is 0.688. The lowest BCUT2D eigenvalue weighted by Gasteiger charge is -2.36. The summed E-state index contributed by atoms with van der Waals surface area (Å²) >= 11 is 0. The Balaban J connectivity index is 1.94. The third kappa shape index (κ3) is 7.02. The summed E-state index contributed by atoms with van der Waals surface area (Å²) in [6.07, 6.45) is 0.167. The average molecular weight is 486 g/mol. The molecule has 0 aromatic heterocycles. The first-order valence-corrected chi connectivity index (χ1v) is 12.0. The van der Waals surface area contributed by atoms with Crippen molar-refractivity contribution in [2.75, 3.05) is 39.2 Å². The zero-order chi connectivity index (χ0) is 25.5. The van der Waals surface area contributed by atoms with Crippen molar-refractivity contribution in [2.24, 2.45) is 5.92 Å². The summed E-state index contributed by atoms with van der Waals surface area (Å²) in [6.45, 7) is 7.89. The molecule has 0 fully saturated rings. The lowest BCUT2D eigenvalue weighted by atomic mass is 10.0. The van der Waals surface area contributed by atoms with E-state index in [1.165, 1.54) is 6.07 Å². The van der Waals surface area contributed by atoms with E-state index in [4.69, 9.17) is 9.47 Å². The molecule has 1 aliphatic heterocycles. The third-order valence-electron chi connectivity index (χ3n) is 6.46. The molecule has 190 valence electrons. The minimum atomic E-state index is -0.265. The predicted octanol–water partition coefficient (Wildman–Crippen LogP) is 4.18. The predicted molar refractivity (Wildman–Crippen MR) is 134 cm³/mol. The molecule has 7 nitrogen and oxygen atoms in total. The number of likely N-dealkylation sites (N-methyl/N-ethyl adjacent to an activating group) is 1. The molecule has 0 radical (unpaired) electrons. The van der Waals surface area contributed by atoms with Crippen molar-refractivity contribution in [2.45, 2.75) is 45.9 Å². The monoisotopic (exact) mass is 485 g/mol. The van der Waals surface area contributed by atoms with Gasteiger partial charge in [-0.3, -0.25) is 14.5 Å². The van der Waals surface area contributed by atoms with Crippen LogP contribution in [0.5, 0.6) is 5.75 Å². The number of hydrogen-bond acceptors (Lipinski definition) is 5. The number of carbonyl (C=O) groups is 2. The first-order chi connectivity index (χ1) is 16.7. The van der Waals surface area contributed by atoms with Crippen LogP contribution in [0.2, 0.25) is 0 Å². The molecule has 0 spiro atoms. The van der Waals surface area contributed by atoms with Crippen LogP contribution in [0.25, 0.3) is 0 Å². The Bertz CT molecular complexity index is 1030.